The first kappa shape index (κ1) is 55.5. The number of nitrogens with one attached hydrogen (secondary N) is 2. The molecule has 2 aliphatic carbocycles. The molecule has 11 rings (SSSR count). The second-order valence-corrected chi connectivity index (χ2v) is 21.0. The first-order valence-corrected chi connectivity index (χ1v) is 26.2. The van der Waals surface area contributed by atoms with Crippen molar-refractivity contribution < 1.29 is 67.8 Å². The Labute approximate surface area is 447 Å². The predicted octanol–water partition coefficient (Wildman–Crippen LogP) is 5.07. The van der Waals surface area contributed by atoms with E-state index in [1.165, 1.54) is 24.5 Å². The van der Waals surface area contributed by atoms with Crippen LogP contribution < -0.4 is 26.0 Å². The molecule has 3 amide bonds. The van der Waals surface area contributed by atoms with Crippen molar-refractivity contribution in [2.24, 2.45) is 17.6 Å². The van der Waals surface area contributed by atoms with Crippen LogP contribution in [-0.2, 0) is 43.0 Å². The minimum atomic E-state index is -1.58. The molecule has 0 unspecified atom stereocenters. The molecule has 6 heterocycles. The number of benzene rings is 3. The molecular weight excluding hydrogens is 1010 g/mol. The van der Waals surface area contributed by atoms with Gasteiger partial charge < -0.3 is 55.5 Å². The van der Waals surface area contributed by atoms with Crippen molar-refractivity contribution >= 4 is 68.7 Å². The van der Waals surface area contributed by atoms with Gasteiger partial charge in [-0.1, -0.05) is 30.3 Å². The topological polar surface area (TPSA) is 313 Å². The van der Waals surface area contributed by atoms with Crippen LogP contribution in [0.5, 0.6) is 5.75 Å². The van der Waals surface area contributed by atoms with Gasteiger partial charge in [-0.2, -0.15) is 5.26 Å². The lowest BCUT2D eigenvalue weighted by Crippen LogP contribution is -2.52. The SMILES string of the molecule is COc1cc(C(=O)O[C@H](C(=O)N/C(C(=O)N/C(=C\O)C(C)=O)=C2\[C@@H](OC(C)=O)[C@H](O)[C@@H]3CN23)[C@]2(C)CO2)c2cccc(C)c2c1.N#Cc1ccc(-c2csc(N3C(=O)C4CCC3CC4)n2)cc1.NC1CCC(C(=O)O)CC1. The van der Waals surface area contributed by atoms with E-state index in [4.69, 9.17) is 35.0 Å². The third-order valence-electron chi connectivity index (χ3n) is 14.8. The van der Waals surface area contributed by atoms with Gasteiger partial charge >= 0.3 is 17.9 Å². The van der Waals surface area contributed by atoms with Gasteiger partial charge in [0.15, 0.2) is 17.0 Å². The maximum absolute atomic E-state index is 13.9. The number of aromatic nitrogens is 1. The van der Waals surface area contributed by atoms with E-state index < -0.39 is 76.9 Å². The van der Waals surface area contributed by atoms with Crippen LogP contribution in [0.2, 0.25) is 0 Å². The zero-order valence-corrected chi connectivity index (χ0v) is 44.0. The molecular formula is C55H61N7O14S. The number of amides is 3. The normalized spacial score (nSPS) is 25.8. The van der Waals surface area contributed by atoms with Gasteiger partial charge in [0.2, 0.25) is 12.0 Å². The van der Waals surface area contributed by atoms with Crippen LogP contribution in [0.1, 0.15) is 93.6 Å². The van der Waals surface area contributed by atoms with E-state index in [0.717, 1.165) is 92.6 Å². The number of aryl methyl sites for hydroxylation is 1. The number of carbonyl (C=O) groups is 7. The number of thiazole rings is 1. The Kier molecular flexibility index (Phi) is 16.8. The van der Waals surface area contributed by atoms with Crippen molar-refractivity contribution in [3.05, 3.63) is 100 Å². The summed E-state index contributed by atoms with van der Waals surface area (Å²) in [6.07, 6.45) is 3.80. The minimum absolute atomic E-state index is 0.0319. The second-order valence-electron chi connectivity index (χ2n) is 20.1. The number of ketones is 1. The maximum atomic E-state index is 13.9. The molecule has 7 N–H and O–H groups in total. The number of carboxylic acid groups (broad SMARTS) is 1. The number of nitrogens with two attached hydrogens (primary N) is 1. The summed E-state index contributed by atoms with van der Waals surface area (Å²) in [6.45, 7) is 5.99. The molecule has 22 heteroatoms. The Morgan fingerprint density at radius 2 is 1.68 bits per heavy atom. The molecule has 77 heavy (non-hydrogen) atoms. The summed E-state index contributed by atoms with van der Waals surface area (Å²) >= 11 is 1.53. The van der Waals surface area contributed by atoms with E-state index >= 15 is 0 Å². The predicted molar refractivity (Wildman–Crippen MR) is 279 cm³/mol. The number of hydrogen-bond acceptors (Lipinski definition) is 18. The van der Waals surface area contributed by atoms with Gasteiger partial charge in [0, 0.05) is 49.3 Å². The largest absolute Gasteiger partial charge is 0.513 e. The lowest BCUT2D eigenvalue weighted by molar-refractivity contribution is -0.149. The number of ether oxygens (including phenoxy) is 4. The number of aliphatic hydroxyl groups excluding tert-OH is 2. The van der Waals surface area contributed by atoms with Gasteiger partial charge in [0.1, 0.15) is 35.1 Å². The van der Waals surface area contributed by atoms with Crippen LogP contribution in [-0.4, -0.2) is 129 Å². The van der Waals surface area contributed by atoms with Crippen molar-refractivity contribution in [1.29, 1.82) is 5.26 Å². The number of carboxylic acids is 1. The van der Waals surface area contributed by atoms with Gasteiger partial charge in [-0.25, -0.2) is 9.78 Å². The van der Waals surface area contributed by atoms with E-state index in [1.54, 1.807) is 42.2 Å². The van der Waals surface area contributed by atoms with Crippen LogP contribution >= 0.6 is 11.3 Å². The number of epoxide rings is 1. The van der Waals surface area contributed by atoms with E-state index in [0.29, 0.717) is 29.0 Å². The first-order chi connectivity index (χ1) is 36.7. The number of aliphatic hydroxyl groups is 2. The van der Waals surface area contributed by atoms with Gasteiger partial charge in [-0.3, -0.25) is 33.7 Å². The molecule has 0 radical (unpaired) electrons. The number of rotatable bonds is 13. The molecule has 5 atom stereocenters. The number of carbonyl (C=O) groups excluding carboxylic acids is 6. The zero-order chi connectivity index (χ0) is 55.5. The summed E-state index contributed by atoms with van der Waals surface area (Å²) in [7, 11) is 1.46. The van der Waals surface area contributed by atoms with Crippen LogP contribution in [0, 0.1) is 30.1 Å². The Bertz CT molecular complexity index is 3070. The number of fused-ring (bicyclic) bond motifs is 5. The fraction of sp³-hybridized carbons (Fsp3) is 0.436. The third kappa shape index (κ3) is 12.3. The van der Waals surface area contributed by atoms with E-state index in [9.17, 15) is 43.8 Å². The fourth-order valence-corrected chi connectivity index (χ4v) is 11.1. The van der Waals surface area contributed by atoms with Gasteiger partial charge in [-0.05, 0) is 106 Å². The van der Waals surface area contributed by atoms with Crippen LogP contribution in [0.4, 0.5) is 5.13 Å². The maximum Gasteiger partial charge on any atom is 0.339 e. The lowest BCUT2D eigenvalue weighted by atomic mass is 9.79. The third-order valence-corrected chi connectivity index (χ3v) is 15.6. The number of hydrogen-bond donors (Lipinski definition) is 6. The summed E-state index contributed by atoms with van der Waals surface area (Å²) < 4.78 is 21.9. The van der Waals surface area contributed by atoms with Crippen molar-refractivity contribution in [3.63, 3.8) is 0 Å². The van der Waals surface area contributed by atoms with Crippen LogP contribution in [0.3, 0.4) is 0 Å². The number of esters is 2. The van der Waals surface area contributed by atoms with Gasteiger partial charge in [0.05, 0.1) is 54.3 Å². The highest BCUT2D eigenvalue weighted by Crippen LogP contribution is 2.43. The van der Waals surface area contributed by atoms with Crippen molar-refractivity contribution in [2.75, 3.05) is 25.2 Å². The molecule has 406 valence electrons. The standard InChI is InChI=1S/C31H33N3O11.C17H15N3OS.C7H13NO2/c1-14-7-6-8-18-19(14)9-17(42-5)10-20(18)30(41)45-27(31(4)13-43-31)29(40)33-23(28(39)32-21(12-35)15(2)36)24-26(44-16(3)37)25(38)22-11-34(22)24;18-9-11-1-3-12(4-2-11)15-10-22-17(19-15)20-14-7-5-13(6-8-14)16(20)21;8-6-3-1-5(2-4-6)7(9)10/h6-10,12,22,25-27,35,38H,11,13H2,1-5H3,(H,32,39)(H,33,40);1-4,10,13-14H,5-8H2;5-6H,1-4,8H2,(H,9,10)/b21-12-,24-23+;;/t22-,25+,26+,27+,31-,34?;;/m0../s1. The summed E-state index contributed by atoms with van der Waals surface area (Å²) in [4.78, 5) is 95.9. The van der Waals surface area contributed by atoms with Crippen molar-refractivity contribution in [2.45, 2.75) is 121 Å². The molecule has 5 aliphatic heterocycles. The molecule has 7 aliphatic rings. The van der Waals surface area contributed by atoms with Crippen molar-refractivity contribution in [3.8, 4) is 23.1 Å². The smallest absolute Gasteiger partial charge is 0.339 e. The summed E-state index contributed by atoms with van der Waals surface area (Å²) in [5, 5.41) is 46.5. The number of Topliss-reactive ketones (excluding diaryl/α,β-unsaturated/α-hetero) is 1. The number of methoxy groups -OCH3 is 1. The molecule has 7 fully saturated rings. The monoisotopic (exact) mass is 1080 g/mol. The number of nitrogens with zero attached hydrogens (tertiary/aromatic N) is 4. The number of nitriles is 1. The number of aliphatic carboxylic acids is 1. The van der Waals surface area contributed by atoms with Crippen LogP contribution in [0.25, 0.3) is 22.0 Å². The summed E-state index contributed by atoms with van der Waals surface area (Å²) in [6, 6.07) is 18.3. The molecule has 1 aromatic heterocycles. The fourth-order valence-electron chi connectivity index (χ4n) is 10.1. The first-order valence-electron chi connectivity index (χ1n) is 25.3. The van der Waals surface area contributed by atoms with E-state index in [-0.39, 0.29) is 48.2 Å². The molecule has 5 saturated heterocycles. The average Bonchev–Trinajstić information content (AvgIpc) is 4.37. The van der Waals surface area contributed by atoms with Crippen molar-refractivity contribution in [1.82, 2.24) is 20.5 Å². The van der Waals surface area contributed by atoms with Crippen LogP contribution in [0.15, 0.2) is 83.3 Å². The Balaban J connectivity index is 0.000000199. The number of piperidine rings is 3. The summed E-state index contributed by atoms with van der Waals surface area (Å²) in [5.41, 5.74) is 6.86. The van der Waals surface area contributed by atoms with Gasteiger partial charge in [0.25, 0.3) is 11.8 Å². The second kappa shape index (κ2) is 23.3. The number of allylic oxidation sites excluding steroid dienone is 1. The number of anilines is 1. The highest BCUT2D eigenvalue weighted by molar-refractivity contribution is 7.14. The Morgan fingerprint density at radius 3 is 2.26 bits per heavy atom. The van der Waals surface area contributed by atoms with Gasteiger partial charge in [-0.15, -0.1) is 11.3 Å². The highest BCUT2D eigenvalue weighted by atomic mass is 32.1. The highest BCUT2D eigenvalue weighted by Gasteiger charge is 2.59. The Morgan fingerprint density at radius 1 is 0.987 bits per heavy atom. The average molecular weight is 1080 g/mol. The molecule has 21 nitrogen and oxygen atoms in total. The minimum Gasteiger partial charge on any atom is -0.513 e. The summed E-state index contributed by atoms with van der Waals surface area (Å²) in [5.74, 6) is -4.28. The molecule has 4 aromatic rings. The van der Waals surface area contributed by atoms with E-state index in [1.807, 2.05) is 35.4 Å². The molecule has 2 bridgehead atoms. The molecule has 0 spiro atoms. The molecule has 2 saturated carbocycles. The zero-order valence-electron chi connectivity index (χ0n) is 43.1. The lowest BCUT2D eigenvalue weighted by Gasteiger charge is -2.43. The Hall–Kier alpha value is -7.71. The van der Waals surface area contributed by atoms with E-state index in [2.05, 4.69) is 21.7 Å². The quantitative estimate of drug-likeness (QED) is 0.0441. The molecule has 3 aromatic carbocycles.